The quantitative estimate of drug-likeness (QED) is 0.656. The summed E-state index contributed by atoms with van der Waals surface area (Å²) in [5.41, 5.74) is 0. The zero-order chi connectivity index (χ0) is 9.22. The molecule has 4 fully saturated rings. The Labute approximate surface area is 87.4 Å². The summed E-state index contributed by atoms with van der Waals surface area (Å²) in [6, 6.07) is 0. The van der Waals surface area contributed by atoms with Gasteiger partial charge in [-0.15, -0.1) is 23.5 Å². The Hall–Kier alpha value is 0.370. The maximum absolute atomic E-state index is 12.2. The van der Waals surface area contributed by atoms with Crippen LogP contribution in [0.5, 0.6) is 0 Å². The van der Waals surface area contributed by atoms with Gasteiger partial charge >= 0.3 is 0 Å². The molecule has 72 valence electrons. The van der Waals surface area contributed by atoms with E-state index in [1.807, 2.05) is 0 Å². The second-order valence-electron chi connectivity index (χ2n) is 4.46. The van der Waals surface area contributed by atoms with Crippen LogP contribution in [0.4, 0.5) is 0 Å². The third kappa shape index (κ3) is 0.816. The molecule has 0 saturated heterocycles. The number of Topliss-reactive ketones (excluding diaryl/α,β-unsaturated/α-hetero) is 1. The number of fused-ring (bicyclic) bond motifs is 1. The molecule has 4 rings (SSSR count). The molecule has 4 aliphatic carbocycles. The van der Waals surface area contributed by atoms with Crippen LogP contribution in [0.15, 0.2) is 0 Å². The fourth-order valence-electron chi connectivity index (χ4n) is 3.59. The fourth-order valence-corrected chi connectivity index (χ4v) is 5.98. The van der Waals surface area contributed by atoms with Crippen LogP contribution in [-0.4, -0.2) is 22.4 Å². The largest absolute Gasteiger partial charge is 0.297 e. The second kappa shape index (κ2) is 2.48. The van der Waals surface area contributed by atoms with Crippen LogP contribution < -0.4 is 0 Å². The molecule has 0 spiro atoms. The topological polar surface area (TPSA) is 17.1 Å². The number of thioether (sulfide) groups is 2. The van der Waals surface area contributed by atoms with Gasteiger partial charge in [0.1, 0.15) is 4.08 Å². The van der Waals surface area contributed by atoms with Crippen molar-refractivity contribution in [3.8, 4) is 0 Å². The lowest BCUT2D eigenvalue weighted by Crippen LogP contribution is -2.45. The van der Waals surface area contributed by atoms with E-state index in [4.69, 9.17) is 0 Å². The predicted octanol–water partition coefficient (Wildman–Crippen LogP) is 2.26. The van der Waals surface area contributed by atoms with Gasteiger partial charge in [-0.2, -0.15) is 0 Å². The van der Waals surface area contributed by atoms with Crippen LogP contribution in [-0.2, 0) is 4.79 Å². The molecule has 0 aromatic carbocycles. The van der Waals surface area contributed by atoms with Gasteiger partial charge in [0.05, 0.1) is 0 Å². The molecule has 0 aromatic rings. The lowest BCUT2D eigenvalue weighted by Gasteiger charge is -2.40. The van der Waals surface area contributed by atoms with Crippen molar-refractivity contribution in [3.05, 3.63) is 0 Å². The minimum absolute atomic E-state index is 0.0475. The van der Waals surface area contributed by atoms with Crippen molar-refractivity contribution in [1.29, 1.82) is 0 Å². The Morgan fingerprint density at radius 3 is 2.15 bits per heavy atom. The van der Waals surface area contributed by atoms with E-state index in [1.54, 1.807) is 23.5 Å². The van der Waals surface area contributed by atoms with Gasteiger partial charge in [-0.25, -0.2) is 0 Å². The van der Waals surface area contributed by atoms with E-state index >= 15 is 0 Å². The predicted molar refractivity (Wildman–Crippen MR) is 58.0 cm³/mol. The van der Waals surface area contributed by atoms with Gasteiger partial charge in [-0.3, -0.25) is 4.79 Å². The first-order valence-electron chi connectivity index (χ1n) is 4.89. The van der Waals surface area contributed by atoms with Gasteiger partial charge in [0.15, 0.2) is 5.78 Å². The zero-order valence-electron chi connectivity index (χ0n) is 7.95. The van der Waals surface area contributed by atoms with Crippen LogP contribution in [0, 0.1) is 23.7 Å². The molecule has 3 heteroatoms. The number of hydrogen-bond acceptors (Lipinski definition) is 3. The van der Waals surface area contributed by atoms with E-state index < -0.39 is 0 Å². The van der Waals surface area contributed by atoms with Crippen molar-refractivity contribution in [2.75, 3.05) is 12.5 Å². The first kappa shape index (κ1) is 8.66. The van der Waals surface area contributed by atoms with E-state index in [0.29, 0.717) is 17.6 Å². The average molecular weight is 214 g/mol. The molecular formula is C10H14OS2. The molecule has 2 atom stereocenters. The van der Waals surface area contributed by atoms with Gasteiger partial charge in [0, 0.05) is 5.92 Å². The van der Waals surface area contributed by atoms with E-state index in [1.165, 1.54) is 12.8 Å². The van der Waals surface area contributed by atoms with Crippen LogP contribution in [0.1, 0.15) is 12.8 Å². The van der Waals surface area contributed by atoms with Gasteiger partial charge in [0.25, 0.3) is 0 Å². The van der Waals surface area contributed by atoms with Crippen molar-refractivity contribution in [2.45, 2.75) is 16.9 Å². The standard InChI is InChI=1S/C10H14OS2/c1-12-10(13-2)5-3-6-7(4-5)8(6)9(10)11/h5-8H,3-4H2,1-2H3. The third-order valence-electron chi connectivity index (χ3n) is 4.24. The van der Waals surface area contributed by atoms with Gasteiger partial charge < -0.3 is 0 Å². The van der Waals surface area contributed by atoms with Crippen molar-refractivity contribution in [2.24, 2.45) is 23.7 Å². The normalized spacial score (nSPS) is 49.5. The zero-order valence-corrected chi connectivity index (χ0v) is 9.58. The molecular weight excluding hydrogens is 200 g/mol. The number of ketones is 1. The minimum atomic E-state index is -0.0475. The summed E-state index contributed by atoms with van der Waals surface area (Å²) in [5.74, 6) is 3.36. The monoisotopic (exact) mass is 214 g/mol. The molecule has 0 aromatic heterocycles. The molecule has 0 N–H and O–H groups in total. The van der Waals surface area contributed by atoms with E-state index in [9.17, 15) is 4.79 Å². The van der Waals surface area contributed by atoms with Crippen molar-refractivity contribution in [1.82, 2.24) is 0 Å². The summed E-state index contributed by atoms with van der Waals surface area (Å²) < 4.78 is -0.0475. The van der Waals surface area contributed by atoms with E-state index in [2.05, 4.69) is 12.5 Å². The Kier molecular flexibility index (Phi) is 1.66. The van der Waals surface area contributed by atoms with Crippen molar-refractivity contribution >= 4 is 29.3 Å². The van der Waals surface area contributed by atoms with Gasteiger partial charge in [-0.1, -0.05) is 0 Å². The molecule has 1 nitrogen and oxygen atoms in total. The minimum Gasteiger partial charge on any atom is -0.297 e. The molecule has 4 bridgehead atoms. The summed E-state index contributed by atoms with van der Waals surface area (Å²) in [7, 11) is 0. The van der Waals surface area contributed by atoms with Crippen LogP contribution >= 0.6 is 23.5 Å². The molecule has 2 unspecified atom stereocenters. The molecule has 4 saturated carbocycles. The molecule has 0 heterocycles. The van der Waals surface area contributed by atoms with E-state index in [0.717, 1.165) is 11.8 Å². The maximum Gasteiger partial charge on any atom is 0.162 e. The summed E-state index contributed by atoms with van der Waals surface area (Å²) >= 11 is 3.58. The SMILES string of the molecule is CSC1(SC)C(=O)C2C3CC1CC32. The summed E-state index contributed by atoms with van der Waals surface area (Å²) in [6.45, 7) is 0. The average Bonchev–Trinajstić information content (AvgIpc) is 2.68. The molecule has 0 amide bonds. The molecule has 13 heavy (non-hydrogen) atoms. The Balaban J connectivity index is 1.99. The number of hydrogen-bond donors (Lipinski definition) is 0. The van der Waals surface area contributed by atoms with Crippen LogP contribution in [0.2, 0.25) is 0 Å². The first-order chi connectivity index (χ1) is 6.24. The Morgan fingerprint density at radius 1 is 1.23 bits per heavy atom. The molecule has 0 radical (unpaired) electrons. The molecule has 4 aliphatic rings. The summed E-state index contributed by atoms with van der Waals surface area (Å²) in [6.07, 6.45) is 6.88. The smallest absolute Gasteiger partial charge is 0.162 e. The van der Waals surface area contributed by atoms with Crippen LogP contribution in [0.3, 0.4) is 0 Å². The van der Waals surface area contributed by atoms with Crippen molar-refractivity contribution < 1.29 is 4.79 Å². The maximum atomic E-state index is 12.2. The highest BCUT2D eigenvalue weighted by molar-refractivity contribution is 8.18. The Bertz CT molecular complexity index is 260. The number of rotatable bonds is 2. The first-order valence-corrected chi connectivity index (χ1v) is 7.34. The lowest BCUT2D eigenvalue weighted by atomic mass is 9.83. The van der Waals surface area contributed by atoms with Gasteiger partial charge in [-0.05, 0) is 43.1 Å². The highest BCUT2D eigenvalue weighted by atomic mass is 32.2. The van der Waals surface area contributed by atoms with E-state index in [-0.39, 0.29) is 4.08 Å². The summed E-state index contributed by atoms with van der Waals surface area (Å²) in [5, 5.41) is 0. The number of carbonyl (C=O) groups excluding carboxylic acids is 1. The number of carbonyl (C=O) groups is 1. The fraction of sp³-hybridized carbons (Fsp3) is 0.900. The highest BCUT2D eigenvalue weighted by Gasteiger charge is 2.71. The molecule has 0 aliphatic heterocycles. The van der Waals surface area contributed by atoms with Crippen LogP contribution in [0.25, 0.3) is 0 Å². The third-order valence-corrected chi connectivity index (χ3v) is 7.52. The Morgan fingerprint density at radius 2 is 1.77 bits per heavy atom. The van der Waals surface area contributed by atoms with Gasteiger partial charge in [0.2, 0.25) is 0 Å². The van der Waals surface area contributed by atoms with Crippen molar-refractivity contribution in [3.63, 3.8) is 0 Å². The summed E-state index contributed by atoms with van der Waals surface area (Å²) in [4.78, 5) is 12.2. The lowest BCUT2D eigenvalue weighted by molar-refractivity contribution is -0.124. The highest BCUT2D eigenvalue weighted by Crippen LogP contribution is 2.71. The second-order valence-corrected chi connectivity index (χ2v) is 6.82.